The molecule has 2 aromatic rings. The molecule has 0 radical (unpaired) electrons. The standard InChI is InChI=1S/C28H33N5O/c1-2-17-32-27-24(30-25(31-27)21-15-9-10-16-21)26-29-22(18-33(26)28(32)34)23(19-11-5-3-6-12-19)20-13-7-4-8-14-20/h3-8,11-14,21-23,27,29H,2,9-10,15-18H2,1H3,(H,30,31). The number of fused-ring (bicyclic) bond motifs is 2. The number of hydrogen-bond acceptors (Lipinski definition) is 4. The summed E-state index contributed by atoms with van der Waals surface area (Å²) in [6, 6.07) is 21.4. The smallest absolute Gasteiger partial charge is 0.327 e. The Morgan fingerprint density at radius 3 is 2.26 bits per heavy atom. The fourth-order valence-electron chi connectivity index (χ4n) is 6.11. The minimum Gasteiger partial charge on any atom is -0.364 e. The first kappa shape index (κ1) is 21.3. The van der Waals surface area contributed by atoms with Crippen molar-refractivity contribution in [2.75, 3.05) is 13.1 Å². The fraction of sp³-hybridized carbons (Fsp3) is 0.429. The van der Waals surface area contributed by atoms with Crippen LogP contribution in [0.15, 0.2) is 77.2 Å². The molecule has 2 fully saturated rings. The average Bonchev–Trinajstić information content (AvgIpc) is 3.63. The quantitative estimate of drug-likeness (QED) is 0.668. The number of carbonyl (C=O) groups is 1. The summed E-state index contributed by atoms with van der Waals surface area (Å²) in [5.74, 6) is 2.63. The van der Waals surface area contributed by atoms with Crippen molar-refractivity contribution in [2.24, 2.45) is 10.9 Å². The summed E-state index contributed by atoms with van der Waals surface area (Å²) in [4.78, 5) is 22.7. The molecule has 3 aliphatic heterocycles. The van der Waals surface area contributed by atoms with Gasteiger partial charge >= 0.3 is 6.03 Å². The Balaban J connectivity index is 1.37. The number of aliphatic imine (C=N–C) groups is 1. The van der Waals surface area contributed by atoms with Crippen molar-refractivity contribution in [1.29, 1.82) is 0 Å². The predicted molar refractivity (Wildman–Crippen MR) is 134 cm³/mol. The summed E-state index contributed by atoms with van der Waals surface area (Å²) in [6.07, 6.45) is 5.59. The number of amides is 2. The molecule has 1 aliphatic carbocycles. The first-order valence-electron chi connectivity index (χ1n) is 12.8. The minimum absolute atomic E-state index is 0.0682. The van der Waals surface area contributed by atoms with Crippen molar-refractivity contribution in [3.05, 3.63) is 83.3 Å². The van der Waals surface area contributed by atoms with E-state index in [1.165, 1.54) is 36.8 Å². The van der Waals surface area contributed by atoms with Crippen molar-refractivity contribution in [3.63, 3.8) is 0 Å². The van der Waals surface area contributed by atoms with Crippen LogP contribution in [0.25, 0.3) is 0 Å². The van der Waals surface area contributed by atoms with E-state index >= 15 is 0 Å². The molecule has 1 saturated carbocycles. The maximum Gasteiger partial charge on any atom is 0.327 e. The van der Waals surface area contributed by atoms with Crippen LogP contribution >= 0.6 is 0 Å². The Bertz CT molecular complexity index is 1070. The van der Waals surface area contributed by atoms with Crippen molar-refractivity contribution < 1.29 is 4.79 Å². The third-order valence-corrected chi connectivity index (χ3v) is 7.71. The molecule has 2 atom stereocenters. The van der Waals surface area contributed by atoms with Crippen LogP contribution in [0.2, 0.25) is 0 Å². The van der Waals surface area contributed by atoms with Gasteiger partial charge in [-0.2, -0.15) is 0 Å². The van der Waals surface area contributed by atoms with Crippen molar-refractivity contribution in [3.8, 4) is 0 Å². The SMILES string of the molecule is CCCN1C(=O)N2CC(C(c3ccccc3)c3ccccc3)NC2=C2NC(C3CCCC3)=NC21. The van der Waals surface area contributed by atoms with Crippen LogP contribution in [0.5, 0.6) is 0 Å². The number of nitrogens with one attached hydrogen (secondary N) is 2. The van der Waals surface area contributed by atoms with E-state index < -0.39 is 0 Å². The van der Waals surface area contributed by atoms with E-state index in [2.05, 4.69) is 78.2 Å². The number of urea groups is 1. The second kappa shape index (κ2) is 8.82. The Hall–Kier alpha value is -3.28. The number of carbonyl (C=O) groups excluding carboxylic acids is 1. The molecule has 0 aromatic heterocycles. The number of hydrogen-bond donors (Lipinski definition) is 2. The van der Waals surface area contributed by atoms with Crippen LogP contribution in [0, 0.1) is 5.92 Å². The summed E-state index contributed by atoms with van der Waals surface area (Å²) >= 11 is 0. The molecule has 34 heavy (non-hydrogen) atoms. The van der Waals surface area contributed by atoms with E-state index in [0.717, 1.165) is 23.8 Å². The zero-order valence-electron chi connectivity index (χ0n) is 19.8. The highest BCUT2D eigenvalue weighted by atomic mass is 16.2. The molecule has 2 unspecified atom stereocenters. The summed E-state index contributed by atoms with van der Waals surface area (Å²) in [5, 5.41) is 7.47. The average molecular weight is 456 g/mol. The van der Waals surface area contributed by atoms with Gasteiger partial charge in [0.05, 0.1) is 12.6 Å². The van der Waals surface area contributed by atoms with Gasteiger partial charge in [-0.3, -0.25) is 9.80 Å². The molecule has 1 saturated heterocycles. The number of amidine groups is 1. The summed E-state index contributed by atoms with van der Waals surface area (Å²) in [5.41, 5.74) is 3.57. The van der Waals surface area contributed by atoms with Gasteiger partial charge in [-0.1, -0.05) is 80.4 Å². The van der Waals surface area contributed by atoms with Crippen molar-refractivity contribution in [2.45, 2.75) is 57.2 Å². The van der Waals surface area contributed by atoms with E-state index in [-0.39, 0.29) is 24.2 Å². The Morgan fingerprint density at radius 1 is 1.00 bits per heavy atom. The van der Waals surface area contributed by atoms with E-state index in [0.29, 0.717) is 19.0 Å². The molecule has 4 aliphatic rings. The number of rotatable bonds is 6. The lowest BCUT2D eigenvalue weighted by Gasteiger charge is -2.36. The highest BCUT2D eigenvalue weighted by Crippen LogP contribution is 2.38. The number of benzene rings is 2. The van der Waals surface area contributed by atoms with Crippen LogP contribution in [0.1, 0.15) is 56.1 Å². The van der Waals surface area contributed by atoms with Gasteiger partial charge in [0.2, 0.25) is 0 Å². The first-order valence-corrected chi connectivity index (χ1v) is 12.8. The van der Waals surface area contributed by atoms with Gasteiger partial charge in [0.25, 0.3) is 0 Å². The zero-order valence-corrected chi connectivity index (χ0v) is 19.8. The molecule has 3 heterocycles. The maximum atomic E-state index is 13.7. The molecule has 0 bridgehead atoms. The molecule has 2 aromatic carbocycles. The molecule has 6 nitrogen and oxygen atoms in total. The molecule has 6 rings (SSSR count). The van der Waals surface area contributed by atoms with Gasteiger partial charge in [-0.15, -0.1) is 0 Å². The second-order valence-electron chi connectivity index (χ2n) is 9.89. The lowest BCUT2D eigenvalue weighted by Crippen LogP contribution is -2.53. The van der Waals surface area contributed by atoms with Crippen molar-refractivity contribution in [1.82, 2.24) is 20.4 Å². The lowest BCUT2D eigenvalue weighted by molar-refractivity contribution is 0.146. The maximum absolute atomic E-state index is 13.7. The highest BCUT2D eigenvalue weighted by molar-refractivity contribution is 5.91. The Labute approximate surface area is 201 Å². The Kier molecular flexibility index (Phi) is 5.52. The van der Waals surface area contributed by atoms with Gasteiger partial charge in [-0.25, -0.2) is 9.79 Å². The second-order valence-corrected chi connectivity index (χ2v) is 9.89. The minimum atomic E-state index is -0.229. The third-order valence-electron chi connectivity index (χ3n) is 7.71. The van der Waals surface area contributed by atoms with Crippen molar-refractivity contribution >= 4 is 11.9 Å². The van der Waals surface area contributed by atoms with Gasteiger partial charge in [0.1, 0.15) is 17.4 Å². The lowest BCUT2D eigenvalue weighted by atomic mass is 9.85. The molecule has 6 heteroatoms. The topological polar surface area (TPSA) is 60.0 Å². The molecule has 0 spiro atoms. The molecule has 2 amide bonds. The molecular weight excluding hydrogens is 422 g/mol. The molecule has 176 valence electrons. The van der Waals surface area contributed by atoms with Gasteiger partial charge < -0.3 is 10.6 Å². The monoisotopic (exact) mass is 455 g/mol. The first-order chi connectivity index (χ1) is 16.7. The zero-order chi connectivity index (χ0) is 23.1. The van der Waals surface area contributed by atoms with E-state index in [9.17, 15) is 4.79 Å². The van der Waals surface area contributed by atoms with Gasteiger partial charge in [0, 0.05) is 18.4 Å². The number of nitrogens with zero attached hydrogens (tertiary/aromatic N) is 3. The van der Waals surface area contributed by atoms with Crippen LogP contribution < -0.4 is 10.6 Å². The van der Waals surface area contributed by atoms with Crippen LogP contribution in [-0.4, -0.2) is 47.0 Å². The predicted octanol–water partition coefficient (Wildman–Crippen LogP) is 4.63. The van der Waals surface area contributed by atoms with E-state index in [4.69, 9.17) is 4.99 Å². The van der Waals surface area contributed by atoms with Crippen LogP contribution in [0.3, 0.4) is 0 Å². The Morgan fingerprint density at radius 2 is 1.65 bits per heavy atom. The largest absolute Gasteiger partial charge is 0.364 e. The molecular formula is C28H33N5O. The molecule has 2 N–H and O–H groups in total. The van der Waals surface area contributed by atoms with Gasteiger partial charge in [0.15, 0.2) is 6.17 Å². The van der Waals surface area contributed by atoms with Crippen LogP contribution in [-0.2, 0) is 0 Å². The summed E-state index contributed by atoms with van der Waals surface area (Å²) in [7, 11) is 0. The summed E-state index contributed by atoms with van der Waals surface area (Å²) < 4.78 is 0. The third kappa shape index (κ3) is 3.56. The van der Waals surface area contributed by atoms with E-state index in [1.54, 1.807) is 0 Å². The van der Waals surface area contributed by atoms with Gasteiger partial charge in [-0.05, 0) is 30.4 Å². The highest BCUT2D eigenvalue weighted by Gasteiger charge is 2.48. The summed E-state index contributed by atoms with van der Waals surface area (Å²) in [6.45, 7) is 3.48. The normalized spacial score (nSPS) is 24.3. The van der Waals surface area contributed by atoms with E-state index in [1.807, 2.05) is 9.80 Å². The van der Waals surface area contributed by atoms with Crippen LogP contribution in [0.4, 0.5) is 4.79 Å². The fourth-order valence-corrected chi connectivity index (χ4v) is 6.11.